The van der Waals surface area contributed by atoms with Gasteiger partial charge in [-0.15, -0.1) is 0 Å². The zero-order valence-electron chi connectivity index (χ0n) is 14.5. The maximum atomic E-state index is 12.0. The molecule has 1 atom stereocenters. The van der Waals surface area contributed by atoms with E-state index in [9.17, 15) is 4.79 Å². The molecule has 2 rings (SSSR count). The molecule has 0 aliphatic carbocycles. The minimum Gasteiger partial charge on any atom is -0.444 e. The van der Waals surface area contributed by atoms with Crippen LogP contribution in [-0.2, 0) is 14.2 Å². The molecule has 128 valence electrons. The fourth-order valence-electron chi connectivity index (χ4n) is 2.64. The first kappa shape index (κ1) is 17.5. The Hall–Kier alpha value is -0.850. The number of amides is 1. The first-order valence-electron chi connectivity index (χ1n) is 8.14. The second-order valence-corrected chi connectivity index (χ2v) is 7.71. The van der Waals surface area contributed by atoms with Gasteiger partial charge in [-0.3, -0.25) is 0 Å². The number of hydrogen-bond donors (Lipinski definition) is 1. The van der Waals surface area contributed by atoms with Crippen molar-refractivity contribution in [3.05, 3.63) is 0 Å². The van der Waals surface area contributed by atoms with Gasteiger partial charge >= 0.3 is 6.09 Å². The highest BCUT2D eigenvalue weighted by molar-refractivity contribution is 5.68. The lowest BCUT2D eigenvalue weighted by Crippen LogP contribution is -2.49. The maximum absolute atomic E-state index is 12.0. The van der Waals surface area contributed by atoms with Crippen molar-refractivity contribution in [1.29, 1.82) is 0 Å². The fourth-order valence-corrected chi connectivity index (χ4v) is 2.64. The Labute approximate surface area is 133 Å². The van der Waals surface area contributed by atoms with Crippen LogP contribution in [0.15, 0.2) is 0 Å². The molecule has 6 nitrogen and oxygen atoms in total. The Morgan fingerprint density at radius 3 is 2.55 bits per heavy atom. The number of nitrogens with zero attached hydrogens (tertiary/aromatic N) is 1. The van der Waals surface area contributed by atoms with Crippen LogP contribution in [0.3, 0.4) is 0 Å². The topological polar surface area (TPSA) is 60.0 Å². The molecule has 2 fully saturated rings. The number of ether oxygens (including phenoxy) is 3. The molecule has 1 unspecified atom stereocenters. The van der Waals surface area contributed by atoms with Gasteiger partial charge < -0.3 is 24.4 Å². The Morgan fingerprint density at radius 2 is 1.95 bits per heavy atom. The monoisotopic (exact) mass is 314 g/mol. The largest absolute Gasteiger partial charge is 0.444 e. The third-order valence-electron chi connectivity index (χ3n) is 3.90. The quantitative estimate of drug-likeness (QED) is 0.863. The summed E-state index contributed by atoms with van der Waals surface area (Å²) in [6.45, 7) is 13.3. The number of rotatable bonds is 3. The number of hydrogen-bond acceptors (Lipinski definition) is 5. The van der Waals surface area contributed by atoms with Crippen molar-refractivity contribution in [2.24, 2.45) is 5.92 Å². The molecule has 0 aromatic carbocycles. The van der Waals surface area contributed by atoms with Crippen LogP contribution in [0.2, 0.25) is 0 Å². The van der Waals surface area contributed by atoms with Gasteiger partial charge in [0, 0.05) is 19.6 Å². The first-order valence-corrected chi connectivity index (χ1v) is 8.14. The molecular weight excluding hydrogens is 284 g/mol. The lowest BCUT2D eigenvalue weighted by molar-refractivity contribution is -0.253. The van der Waals surface area contributed by atoms with Gasteiger partial charge in [0.1, 0.15) is 5.60 Å². The Balaban J connectivity index is 1.68. The van der Waals surface area contributed by atoms with E-state index in [4.69, 9.17) is 14.2 Å². The Kier molecular flexibility index (Phi) is 5.35. The van der Waals surface area contributed by atoms with Crippen molar-refractivity contribution < 1.29 is 19.0 Å². The zero-order valence-corrected chi connectivity index (χ0v) is 14.5. The van der Waals surface area contributed by atoms with Gasteiger partial charge in [0.25, 0.3) is 0 Å². The third-order valence-corrected chi connectivity index (χ3v) is 3.90. The summed E-state index contributed by atoms with van der Waals surface area (Å²) in [5, 5.41) is 3.48. The summed E-state index contributed by atoms with van der Waals surface area (Å²) in [5.41, 5.74) is -0.434. The van der Waals surface area contributed by atoms with Crippen molar-refractivity contribution >= 4 is 6.09 Å². The highest BCUT2D eigenvalue weighted by Gasteiger charge is 2.31. The molecule has 2 aliphatic rings. The second kappa shape index (κ2) is 6.72. The van der Waals surface area contributed by atoms with E-state index in [0.717, 1.165) is 26.1 Å². The molecule has 0 radical (unpaired) electrons. The average molecular weight is 314 g/mol. The molecule has 22 heavy (non-hydrogen) atoms. The van der Waals surface area contributed by atoms with Crippen LogP contribution in [0.5, 0.6) is 0 Å². The van der Waals surface area contributed by atoms with Crippen molar-refractivity contribution in [3.63, 3.8) is 0 Å². The van der Waals surface area contributed by atoms with E-state index < -0.39 is 11.4 Å². The van der Waals surface area contributed by atoms with E-state index in [-0.39, 0.29) is 12.1 Å². The number of nitrogens with one attached hydrogen (secondary N) is 1. The van der Waals surface area contributed by atoms with Gasteiger partial charge in [-0.2, -0.15) is 0 Å². The summed E-state index contributed by atoms with van der Waals surface area (Å²) in [6, 6.07) is 0.226. The predicted octanol–water partition coefficient (Wildman–Crippen LogP) is 1.98. The molecule has 2 heterocycles. The van der Waals surface area contributed by atoms with Gasteiger partial charge in [-0.25, -0.2) is 4.79 Å². The van der Waals surface area contributed by atoms with Gasteiger partial charge in [-0.05, 0) is 47.0 Å². The molecule has 0 saturated carbocycles. The van der Waals surface area contributed by atoms with Crippen molar-refractivity contribution in [1.82, 2.24) is 10.2 Å². The van der Waals surface area contributed by atoms with Crippen LogP contribution < -0.4 is 5.32 Å². The van der Waals surface area contributed by atoms with Gasteiger partial charge in [0.2, 0.25) is 0 Å². The number of likely N-dealkylation sites (tertiary alicyclic amines) is 1. The van der Waals surface area contributed by atoms with Crippen LogP contribution in [0.4, 0.5) is 4.79 Å². The van der Waals surface area contributed by atoms with Crippen molar-refractivity contribution in [3.8, 4) is 0 Å². The van der Waals surface area contributed by atoms with Crippen LogP contribution in [-0.4, -0.2) is 61.3 Å². The van der Waals surface area contributed by atoms with Crippen molar-refractivity contribution in [2.45, 2.75) is 58.5 Å². The standard InChI is InChI=1S/C16H30N2O4/c1-15(2,3)22-14(19)18-7-6-12(9-18)8-17-13-10-20-16(4,5)21-11-13/h12-13,17H,6-11H2,1-5H3. The zero-order chi connectivity index (χ0) is 16.4. The molecule has 0 aromatic rings. The predicted molar refractivity (Wildman–Crippen MR) is 83.7 cm³/mol. The first-order chi connectivity index (χ1) is 10.1. The van der Waals surface area contributed by atoms with Crippen LogP contribution >= 0.6 is 0 Å². The van der Waals surface area contributed by atoms with E-state index in [2.05, 4.69) is 5.32 Å². The van der Waals surface area contributed by atoms with E-state index in [0.29, 0.717) is 19.1 Å². The van der Waals surface area contributed by atoms with E-state index in [1.807, 2.05) is 34.6 Å². The Morgan fingerprint density at radius 1 is 1.32 bits per heavy atom. The number of carbonyl (C=O) groups is 1. The van der Waals surface area contributed by atoms with Gasteiger partial charge in [-0.1, -0.05) is 0 Å². The lowest BCUT2D eigenvalue weighted by atomic mass is 10.1. The molecule has 2 saturated heterocycles. The normalized spacial score (nSPS) is 26.2. The maximum Gasteiger partial charge on any atom is 0.410 e. The molecule has 0 bridgehead atoms. The molecule has 1 amide bonds. The summed E-state index contributed by atoms with van der Waals surface area (Å²) >= 11 is 0. The molecule has 1 N–H and O–H groups in total. The molecule has 2 aliphatic heterocycles. The Bertz CT molecular complexity index is 382. The summed E-state index contributed by atoms with van der Waals surface area (Å²) in [5.74, 6) is -0.0126. The molecule has 0 aromatic heterocycles. The van der Waals surface area contributed by atoms with Crippen LogP contribution in [0, 0.1) is 5.92 Å². The van der Waals surface area contributed by atoms with Crippen LogP contribution in [0.1, 0.15) is 41.0 Å². The average Bonchev–Trinajstić information content (AvgIpc) is 2.84. The van der Waals surface area contributed by atoms with Crippen LogP contribution in [0.25, 0.3) is 0 Å². The van der Waals surface area contributed by atoms with E-state index >= 15 is 0 Å². The minimum atomic E-state index is -0.473. The summed E-state index contributed by atoms with van der Waals surface area (Å²) in [6.07, 6.45) is 0.799. The molecule has 0 spiro atoms. The van der Waals surface area contributed by atoms with Gasteiger partial charge in [0.15, 0.2) is 5.79 Å². The summed E-state index contributed by atoms with van der Waals surface area (Å²) in [4.78, 5) is 13.8. The highest BCUT2D eigenvalue weighted by Crippen LogP contribution is 2.20. The lowest BCUT2D eigenvalue weighted by Gasteiger charge is -2.35. The smallest absolute Gasteiger partial charge is 0.410 e. The van der Waals surface area contributed by atoms with E-state index in [1.165, 1.54) is 0 Å². The SMILES string of the molecule is CC(C)(C)OC(=O)N1CCC(CNC2COC(C)(C)OC2)C1. The molecular formula is C16H30N2O4. The molecule has 6 heteroatoms. The minimum absolute atomic E-state index is 0.207. The van der Waals surface area contributed by atoms with Crippen molar-refractivity contribution in [2.75, 3.05) is 32.8 Å². The second-order valence-electron chi connectivity index (χ2n) is 7.71. The summed E-state index contributed by atoms with van der Waals surface area (Å²) < 4.78 is 16.7. The van der Waals surface area contributed by atoms with Gasteiger partial charge in [0.05, 0.1) is 19.3 Å². The fraction of sp³-hybridized carbons (Fsp3) is 0.938. The summed E-state index contributed by atoms with van der Waals surface area (Å²) in [7, 11) is 0. The number of carbonyl (C=O) groups excluding carboxylic acids is 1. The van der Waals surface area contributed by atoms with E-state index in [1.54, 1.807) is 4.90 Å². The highest BCUT2D eigenvalue weighted by atomic mass is 16.7. The third kappa shape index (κ3) is 5.41.